The molecule has 0 fully saturated rings. The molecule has 0 radical (unpaired) electrons. The zero-order valence-corrected chi connectivity index (χ0v) is 16.4. The lowest BCUT2D eigenvalue weighted by atomic mass is 10.1. The predicted octanol–water partition coefficient (Wildman–Crippen LogP) is 2.56. The fourth-order valence-corrected chi connectivity index (χ4v) is 2.49. The average molecular weight is 386 g/mol. The van der Waals surface area contributed by atoms with Crippen molar-refractivity contribution in [1.82, 2.24) is 10.9 Å². The summed E-state index contributed by atoms with van der Waals surface area (Å²) in [5, 5.41) is 0. The van der Waals surface area contributed by atoms with E-state index in [1.807, 2.05) is 39.0 Å². The third kappa shape index (κ3) is 7.28. The lowest BCUT2D eigenvalue weighted by Crippen LogP contribution is -2.43. The van der Waals surface area contributed by atoms with Crippen LogP contribution in [0.15, 0.2) is 42.5 Å². The number of ether oxygens (including phenoxy) is 3. The van der Waals surface area contributed by atoms with Gasteiger partial charge in [0.25, 0.3) is 11.8 Å². The molecule has 7 heteroatoms. The van der Waals surface area contributed by atoms with Crippen LogP contribution in [0.25, 0.3) is 0 Å². The zero-order chi connectivity index (χ0) is 20.4. The Hall–Kier alpha value is -3.06. The van der Waals surface area contributed by atoms with Gasteiger partial charge in [0.2, 0.25) is 0 Å². The number of hydrazine groups is 1. The molecule has 0 aromatic heterocycles. The molecular weight excluding hydrogens is 360 g/mol. The maximum atomic E-state index is 12.2. The predicted molar refractivity (Wildman–Crippen MR) is 105 cm³/mol. The minimum atomic E-state index is -0.461. The molecule has 0 unspecified atom stereocenters. The van der Waals surface area contributed by atoms with Gasteiger partial charge in [0.1, 0.15) is 18.1 Å². The monoisotopic (exact) mass is 386 g/mol. The third-order valence-corrected chi connectivity index (χ3v) is 3.68. The molecule has 150 valence electrons. The van der Waals surface area contributed by atoms with Crippen LogP contribution in [-0.4, -0.2) is 38.2 Å². The topological polar surface area (TPSA) is 85.9 Å². The summed E-state index contributed by atoms with van der Waals surface area (Å²) in [5.74, 6) is 0.249. The van der Waals surface area contributed by atoms with Crippen LogP contribution in [0.2, 0.25) is 0 Å². The van der Waals surface area contributed by atoms with E-state index in [0.29, 0.717) is 36.9 Å². The van der Waals surface area contributed by atoms with Crippen molar-refractivity contribution >= 4 is 11.8 Å². The zero-order valence-electron chi connectivity index (χ0n) is 16.4. The van der Waals surface area contributed by atoms with Gasteiger partial charge in [-0.05, 0) is 62.2 Å². The largest absolute Gasteiger partial charge is 0.491 e. The number of nitrogens with one attached hydrogen (secondary N) is 2. The Kier molecular flexibility index (Phi) is 8.30. The number of carbonyl (C=O) groups excluding carboxylic acids is 2. The molecule has 2 aromatic rings. The van der Waals surface area contributed by atoms with Gasteiger partial charge in [0.15, 0.2) is 6.61 Å². The summed E-state index contributed by atoms with van der Waals surface area (Å²) in [4.78, 5) is 24.1. The van der Waals surface area contributed by atoms with Crippen molar-refractivity contribution in [1.29, 1.82) is 0 Å². The quantitative estimate of drug-likeness (QED) is 0.511. The maximum Gasteiger partial charge on any atom is 0.276 e. The Labute approximate surface area is 165 Å². The van der Waals surface area contributed by atoms with Crippen molar-refractivity contribution < 1.29 is 23.8 Å². The number of aryl methyl sites for hydroxylation is 2. The fraction of sp³-hybridized carbons (Fsp3) is 0.333. The fourth-order valence-electron chi connectivity index (χ4n) is 2.49. The number of hydrogen-bond donors (Lipinski definition) is 2. The minimum Gasteiger partial charge on any atom is -0.491 e. The van der Waals surface area contributed by atoms with Crippen LogP contribution in [0, 0.1) is 13.8 Å². The molecule has 2 amide bonds. The number of amides is 2. The molecule has 0 bridgehead atoms. The summed E-state index contributed by atoms with van der Waals surface area (Å²) in [5.41, 5.74) is 7.16. The Balaban J connectivity index is 1.78. The molecule has 0 aliphatic rings. The van der Waals surface area contributed by atoms with Gasteiger partial charge in [-0.15, -0.1) is 0 Å². The first-order chi connectivity index (χ1) is 13.5. The highest BCUT2D eigenvalue weighted by Gasteiger charge is 2.09. The molecule has 0 heterocycles. The van der Waals surface area contributed by atoms with Gasteiger partial charge in [-0.3, -0.25) is 20.4 Å². The van der Waals surface area contributed by atoms with Crippen LogP contribution < -0.4 is 20.3 Å². The Bertz CT molecular complexity index is 787. The molecule has 0 spiro atoms. The first-order valence-corrected chi connectivity index (χ1v) is 9.09. The summed E-state index contributed by atoms with van der Waals surface area (Å²) in [6, 6.07) is 12.4. The highest BCUT2D eigenvalue weighted by atomic mass is 16.5. The van der Waals surface area contributed by atoms with Crippen LogP contribution in [0.5, 0.6) is 11.5 Å². The van der Waals surface area contributed by atoms with Crippen molar-refractivity contribution in [2.24, 2.45) is 0 Å². The van der Waals surface area contributed by atoms with Gasteiger partial charge in [0, 0.05) is 12.2 Å². The summed E-state index contributed by atoms with van der Waals surface area (Å²) in [7, 11) is 0. The second-order valence-electron chi connectivity index (χ2n) is 6.19. The summed E-state index contributed by atoms with van der Waals surface area (Å²) >= 11 is 0. The van der Waals surface area contributed by atoms with Crippen molar-refractivity contribution in [3.63, 3.8) is 0 Å². The number of carbonyl (C=O) groups is 2. The molecule has 0 atom stereocenters. The van der Waals surface area contributed by atoms with E-state index in [4.69, 9.17) is 14.2 Å². The van der Waals surface area contributed by atoms with Crippen LogP contribution in [0.4, 0.5) is 0 Å². The van der Waals surface area contributed by atoms with E-state index in [9.17, 15) is 9.59 Å². The van der Waals surface area contributed by atoms with E-state index in [2.05, 4.69) is 10.9 Å². The van der Waals surface area contributed by atoms with Crippen molar-refractivity contribution in [2.45, 2.75) is 20.8 Å². The molecule has 0 saturated heterocycles. The minimum absolute atomic E-state index is 0.205. The van der Waals surface area contributed by atoms with E-state index in [1.165, 1.54) is 0 Å². The lowest BCUT2D eigenvalue weighted by molar-refractivity contribution is -0.123. The highest BCUT2D eigenvalue weighted by molar-refractivity contribution is 5.95. The second-order valence-corrected chi connectivity index (χ2v) is 6.19. The normalized spacial score (nSPS) is 10.2. The van der Waals surface area contributed by atoms with Gasteiger partial charge in [-0.1, -0.05) is 12.1 Å². The number of hydrogen-bond acceptors (Lipinski definition) is 5. The maximum absolute atomic E-state index is 12.2. The first kappa shape index (κ1) is 21.2. The molecule has 2 rings (SSSR count). The molecule has 2 aromatic carbocycles. The van der Waals surface area contributed by atoms with Gasteiger partial charge in [-0.2, -0.15) is 0 Å². The van der Waals surface area contributed by atoms with Crippen molar-refractivity contribution in [3.8, 4) is 11.5 Å². The Morgan fingerprint density at radius 2 is 1.64 bits per heavy atom. The Morgan fingerprint density at radius 3 is 2.36 bits per heavy atom. The highest BCUT2D eigenvalue weighted by Crippen LogP contribution is 2.16. The van der Waals surface area contributed by atoms with Crippen molar-refractivity contribution in [3.05, 3.63) is 59.2 Å². The van der Waals surface area contributed by atoms with Gasteiger partial charge in [0.05, 0.1) is 6.61 Å². The molecule has 0 saturated carbocycles. The average Bonchev–Trinajstić information content (AvgIpc) is 2.67. The summed E-state index contributed by atoms with van der Waals surface area (Å²) < 4.78 is 16.2. The summed E-state index contributed by atoms with van der Waals surface area (Å²) in [6.45, 7) is 7.10. The van der Waals surface area contributed by atoms with Crippen LogP contribution >= 0.6 is 0 Å². The molecule has 2 N–H and O–H groups in total. The van der Waals surface area contributed by atoms with E-state index < -0.39 is 11.8 Å². The van der Waals surface area contributed by atoms with Gasteiger partial charge in [-0.25, -0.2) is 0 Å². The molecule has 0 aliphatic heterocycles. The molecule has 28 heavy (non-hydrogen) atoms. The first-order valence-electron chi connectivity index (χ1n) is 9.09. The van der Waals surface area contributed by atoms with Crippen LogP contribution in [-0.2, 0) is 9.53 Å². The second kappa shape index (κ2) is 10.9. The number of rotatable bonds is 9. The third-order valence-electron chi connectivity index (χ3n) is 3.68. The molecule has 0 aliphatic carbocycles. The van der Waals surface area contributed by atoms with Crippen molar-refractivity contribution in [2.75, 3.05) is 26.4 Å². The SMILES string of the molecule is CCOCCOc1cccc(C(=O)NNC(=O)COc2cc(C)cc(C)c2)c1. The number of benzene rings is 2. The smallest absolute Gasteiger partial charge is 0.276 e. The summed E-state index contributed by atoms with van der Waals surface area (Å²) in [6.07, 6.45) is 0. The van der Waals surface area contributed by atoms with Crippen LogP contribution in [0.3, 0.4) is 0 Å². The van der Waals surface area contributed by atoms with Crippen LogP contribution in [0.1, 0.15) is 28.4 Å². The Morgan fingerprint density at radius 1 is 0.893 bits per heavy atom. The molecular formula is C21H26N2O5. The lowest BCUT2D eigenvalue weighted by Gasteiger charge is -2.11. The van der Waals surface area contributed by atoms with Gasteiger partial charge >= 0.3 is 0 Å². The molecule has 7 nitrogen and oxygen atoms in total. The van der Waals surface area contributed by atoms with Gasteiger partial charge < -0.3 is 14.2 Å². The van der Waals surface area contributed by atoms with E-state index >= 15 is 0 Å². The van der Waals surface area contributed by atoms with E-state index in [0.717, 1.165) is 11.1 Å². The van der Waals surface area contributed by atoms with E-state index in [1.54, 1.807) is 24.3 Å². The van der Waals surface area contributed by atoms with E-state index in [-0.39, 0.29) is 6.61 Å². The standard InChI is InChI=1S/C21H26N2O5/c1-4-26-8-9-27-18-7-5-6-17(13-18)21(25)23-22-20(24)14-28-19-11-15(2)10-16(3)12-19/h5-7,10-13H,4,8-9,14H2,1-3H3,(H,22,24)(H,23,25).